The van der Waals surface area contributed by atoms with Crippen molar-refractivity contribution in [3.8, 4) is 0 Å². The number of carbonyl (C=O) groups is 1. The molecule has 432 valence electrons. The molecule has 6 aliphatic rings. The van der Waals surface area contributed by atoms with Gasteiger partial charge in [-0.15, -0.1) is 0 Å². The van der Waals surface area contributed by atoms with E-state index in [0.29, 0.717) is 76.9 Å². The Balaban J connectivity index is 0.000000124. The second-order valence-electron chi connectivity index (χ2n) is 22.2. The highest BCUT2D eigenvalue weighted by Gasteiger charge is 2.34. The zero-order valence-electron chi connectivity index (χ0n) is 52.8. The smallest absolute Gasteiger partial charge is 0.256 e. The molecule has 84 heavy (non-hydrogen) atoms. The highest BCUT2D eigenvalue weighted by atomic mass is 19.1. The highest BCUT2D eigenvalue weighted by molar-refractivity contribution is 6.00. The standard InChI is InChI=1S/2C21H23FN6.C20H21FN6O/c2*1-13-5-6-18-16(10-15(22)11-23-18)19-4-3-8-27(19)20-7-9-28-21(26-20)17(12-24-28)14(2)25-13;1-12-4-5-16-14(9-13(21)10-22-16)17-3-2-7-26(17)18-6-8-27-19(25-18)15(11-23-27)20(28)24-12/h2*7,9-13,19,25H,2-6,8H2,1H3;6,8-12,17H,2-5,7H2,1H3,(H,24,28)/t13-,19?;13-,19-;12-,17+/m111/s1/i2*3D2;2D2. The summed E-state index contributed by atoms with van der Waals surface area (Å²) >= 11 is 0. The van der Waals surface area contributed by atoms with E-state index in [9.17, 15) is 18.0 Å². The molecule has 3 N–H and O–H groups in total. The van der Waals surface area contributed by atoms with Crippen molar-refractivity contribution in [2.45, 2.75) is 134 Å². The van der Waals surface area contributed by atoms with Crippen molar-refractivity contribution >= 4 is 51.7 Å². The molecule has 15 rings (SSSR count). The predicted octanol–water partition coefficient (Wildman–Crippen LogP) is 9.67. The summed E-state index contributed by atoms with van der Waals surface area (Å²) in [5.74, 6) is 0.246. The first kappa shape index (κ1) is 47.5. The quantitative estimate of drug-likeness (QED) is 0.130. The number of hydrogen-bond donors (Lipinski definition) is 3. The zero-order chi connectivity index (χ0) is 63.1. The van der Waals surface area contributed by atoms with E-state index >= 15 is 0 Å². The minimum Gasteiger partial charge on any atom is -0.382 e. The molecule has 0 radical (unpaired) electrons. The topological polar surface area (TPSA) is 192 Å². The van der Waals surface area contributed by atoms with E-state index < -0.39 is 42.6 Å². The Morgan fingerprint density at radius 2 is 0.821 bits per heavy atom. The number of nitrogens with one attached hydrogen (secondary N) is 3. The summed E-state index contributed by atoms with van der Waals surface area (Å²) < 4.78 is 97.7. The lowest BCUT2D eigenvalue weighted by atomic mass is 9.98. The van der Waals surface area contributed by atoms with E-state index in [1.54, 1.807) is 33.7 Å². The predicted molar refractivity (Wildman–Crippen MR) is 315 cm³/mol. The highest BCUT2D eigenvalue weighted by Crippen LogP contribution is 2.41. The number of amides is 1. The summed E-state index contributed by atoms with van der Waals surface area (Å²) in [6.07, 6.45) is 14.4. The third kappa shape index (κ3) is 10.6. The molecule has 6 aliphatic heterocycles. The monoisotopic (exact) mass is 1140 g/mol. The van der Waals surface area contributed by atoms with Gasteiger partial charge in [0, 0.05) is 93.1 Å². The number of hydrogen-bond acceptors (Lipinski definition) is 15. The van der Waals surface area contributed by atoms with Crippen molar-refractivity contribution in [1.82, 2.24) is 74.7 Å². The molecule has 0 saturated carbocycles. The molecule has 3 fully saturated rings. The summed E-state index contributed by atoms with van der Waals surface area (Å²) in [7, 11) is 0. The van der Waals surface area contributed by atoms with Crippen LogP contribution in [0.2, 0.25) is 0 Å². The van der Waals surface area contributed by atoms with Gasteiger partial charge in [-0.1, -0.05) is 13.2 Å². The molecule has 9 aromatic heterocycles. The van der Waals surface area contributed by atoms with Crippen molar-refractivity contribution in [1.29, 1.82) is 0 Å². The van der Waals surface area contributed by atoms with Crippen LogP contribution in [0.15, 0.2) is 105 Å². The van der Waals surface area contributed by atoms with Crippen LogP contribution < -0.4 is 30.7 Å². The average Bonchev–Trinajstić information content (AvgIpc) is 1.62. The lowest BCUT2D eigenvalue weighted by molar-refractivity contribution is 0.0939. The van der Waals surface area contributed by atoms with Crippen LogP contribution in [-0.4, -0.2) is 102 Å². The number of fused-ring (bicyclic) bond motifs is 15. The molecule has 0 spiro atoms. The van der Waals surface area contributed by atoms with Gasteiger partial charge >= 0.3 is 0 Å². The van der Waals surface area contributed by atoms with Crippen LogP contribution in [-0.2, 0) is 19.3 Å². The maximum Gasteiger partial charge on any atom is 0.256 e. The van der Waals surface area contributed by atoms with Gasteiger partial charge in [-0.25, -0.2) is 41.7 Å². The molecule has 1 amide bonds. The third-order valence-electron chi connectivity index (χ3n) is 16.5. The molecular formula is C62H67F3N18O. The first-order valence-electron chi connectivity index (χ1n) is 31.4. The van der Waals surface area contributed by atoms with Crippen LogP contribution in [0.25, 0.3) is 28.3 Å². The second kappa shape index (κ2) is 22.7. The van der Waals surface area contributed by atoms with Gasteiger partial charge in [0.15, 0.2) is 16.9 Å². The maximum atomic E-state index is 14.2. The van der Waals surface area contributed by atoms with E-state index in [1.807, 2.05) is 46.1 Å². The Labute approximate surface area is 492 Å². The van der Waals surface area contributed by atoms with E-state index in [0.717, 1.165) is 57.9 Å². The molecular weight excluding hydrogens is 1070 g/mol. The first-order chi connectivity index (χ1) is 42.9. The summed E-state index contributed by atoms with van der Waals surface area (Å²) in [6, 6.07) is 8.84. The maximum absolute atomic E-state index is 14.2. The van der Waals surface area contributed by atoms with Gasteiger partial charge in [-0.3, -0.25) is 19.7 Å². The Morgan fingerprint density at radius 1 is 0.488 bits per heavy atom. The van der Waals surface area contributed by atoms with Crippen molar-refractivity contribution < 1.29 is 26.2 Å². The van der Waals surface area contributed by atoms with Crippen LogP contribution in [0, 0.1) is 17.5 Å². The van der Waals surface area contributed by atoms with Crippen LogP contribution in [0.3, 0.4) is 0 Å². The fourth-order valence-electron chi connectivity index (χ4n) is 12.1. The number of carbonyl (C=O) groups excluding carboxylic acids is 1. The number of nitrogens with zero attached hydrogens (tertiary/aromatic N) is 15. The summed E-state index contributed by atoms with van der Waals surface area (Å²) in [5, 5.41) is 22.8. The molecule has 19 nitrogen and oxygen atoms in total. The van der Waals surface area contributed by atoms with Gasteiger partial charge in [0.2, 0.25) is 0 Å². The molecule has 3 saturated heterocycles. The molecule has 0 aromatic carbocycles. The number of pyridine rings is 3. The van der Waals surface area contributed by atoms with E-state index in [1.165, 1.54) is 47.5 Å². The van der Waals surface area contributed by atoms with Gasteiger partial charge in [0.1, 0.15) is 40.5 Å². The van der Waals surface area contributed by atoms with Gasteiger partial charge < -0.3 is 30.7 Å². The molecule has 1 unspecified atom stereocenters. The fourth-order valence-corrected chi connectivity index (χ4v) is 12.1. The van der Waals surface area contributed by atoms with E-state index in [4.69, 9.17) is 18.2 Å². The summed E-state index contributed by atoms with van der Waals surface area (Å²) in [4.78, 5) is 45.8. The normalized spacial score (nSPS) is 25.1. The average molecular weight is 1140 g/mol. The van der Waals surface area contributed by atoms with Gasteiger partial charge in [0.05, 0.1) is 66.4 Å². The lowest BCUT2D eigenvalue weighted by Gasteiger charge is -2.27. The van der Waals surface area contributed by atoms with Crippen LogP contribution >= 0.6 is 0 Å². The molecule has 22 heteroatoms. The van der Waals surface area contributed by atoms with Gasteiger partial charge in [-0.05, 0) is 151 Å². The molecule has 0 aliphatic carbocycles. The number of aryl methyl sites for hydroxylation is 3. The van der Waals surface area contributed by atoms with Crippen molar-refractivity contribution in [3.63, 3.8) is 0 Å². The van der Waals surface area contributed by atoms with Crippen LogP contribution in [0.1, 0.15) is 160 Å². The minimum atomic E-state index is -1.47. The van der Waals surface area contributed by atoms with E-state index in [2.05, 4.69) is 78.2 Å². The van der Waals surface area contributed by atoms with E-state index in [-0.39, 0.29) is 75.0 Å². The minimum absolute atomic E-state index is 0.113. The van der Waals surface area contributed by atoms with Gasteiger partial charge in [0.25, 0.3) is 5.91 Å². The van der Waals surface area contributed by atoms with Crippen molar-refractivity contribution in [2.24, 2.45) is 0 Å². The fraction of sp³-hybridized carbons (Fsp3) is 0.387. The third-order valence-corrected chi connectivity index (χ3v) is 16.5. The van der Waals surface area contributed by atoms with Crippen LogP contribution in [0.4, 0.5) is 30.6 Å². The molecule has 9 aromatic rings. The number of aromatic nitrogens is 12. The molecule has 6 atom stereocenters. The number of anilines is 3. The Kier molecular flexibility index (Phi) is 12.8. The van der Waals surface area contributed by atoms with Gasteiger partial charge in [-0.2, -0.15) is 15.3 Å². The van der Waals surface area contributed by atoms with Crippen molar-refractivity contribution in [2.75, 3.05) is 34.3 Å². The number of halogens is 3. The largest absolute Gasteiger partial charge is 0.382 e. The molecule has 15 heterocycles. The first-order valence-corrected chi connectivity index (χ1v) is 28.4. The Bertz CT molecular complexity index is 3870. The SMILES string of the molecule is [2H]C1([2H])CC2c3cc(F)cnc3CC[C@@H](C)NC(=C)c3cnn4ccc(nc34)N2C1.[2H]C1([2H])C[C@@H]2c3cc(F)cnc3CC[C@@H](C)NC(=C)c3cnn4ccc(nc34)N2C1.[2H]C1([2H])C[C@H]2c3cc(F)cnc3CC[C@@H](C)NC(=O)c3cnn4ccc(nc34)N2C1. The Morgan fingerprint density at radius 3 is 1.19 bits per heavy atom. The van der Waals surface area contributed by atoms with Crippen molar-refractivity contribution in [3.05, 3.63) is 173 Å². The number of rotatable bonds is 0. The summed E-state index contributed by atoms with van der Waals surface area (Å²) in [5.41, 5.74) is 9.62. The second-order valence-corrected chi connectivity index (χ2v) is 22.2. The zero-order valence-corrected chi connectivity index (χ0v) is 46.8. The van der Waals surface area contributed by atoms with Crippen LogP contribution in [0.5, 0.6) is 0 Å². The summed E-state index contributed by atoms with van der Waals surface area (Å²) in [6.45, 7) is 14.8. The molecule has 6 bridgehead atoms. The Hall–Kier alpha value is -8.95. The lowest BCUT2D eigenvalue weighted by Crippen LogP contribution is -2.33.